The first-order chi connectivity index (χ1) is 15.7. The number of nitro benzene ring substituents is 1. The van der Waals surface area contributed by atoms with Crippen molar-refractivity contribution in [2.75, 3.05) is 11.9 Å². The summed E-state index contributed by atoms with van der Waals surface area (Å²) in [6.07, 6.45) is 1.85. The minimum absolute atomic E-state index is 0.00248. The predicted octanol–water partition coefficient (Wildman–Crippen LogP) is 1.79. The number of anilines is 1. The molecule has 172 valence electrons. The molecule has 1 aliphatic rings. The number of nitro groups is 1. The van der Waals surface area contributed by atoms with Crippen molar-refractivity contribution in [3.8, 4) is 0 Å². The standard InChI is InChI=1S/C22H22N4O7/c1-13(23-20(28)14-5-4-6-16(11-14)26(31)32)22(30)33-12-19(27)25-18-8-3-2-7-17(18)21(29)24-15-9-10-15/h2-8,11,13,15H,9-10,12H2,1H3,(H,23,28)(H,24,29)(H,25,27)/t13-/m0/s1. The molecule has 11 heteroatoms. The highest BCUT2D eigenvalue weighted by Gasteiger charge is 2.25. The number of nitrogens with one attached hydrogen (secondary N) is 3. The second-order valence-electron chi connectivity index (χ2n) is 7.45. The maximum atomic E-state index is 12.3. The SMILES string of the molecule is C[C@H](NC(=O)c1cccc([N+](=O)[O-])c1)C(=O)OCC(=O)Nc1ccccc1C(=O)NC1CC1. The minimum Gasteiger partial charge on any atom is -0.454 e. The summed E-state index contributed by atoms with van der Waals surface area (Å²) in [5, 5.41) is 18.6. The number of benzene rings is 2. The Morgan fingerprint density at radius 1 is 1.09 bits per heavy atom. The molecule has 1 aliphatic carbocycles. The molecule has 2 aromatic rings. The van der Waals surface area contributed by atoms with E-state index in [0.717, 1.165) is 18.9 Å². The van der Waals surface area contributed by atoms with Crippen molar-refractivity contribution in [1.29, 1.82) is 0 Å². The summed E-state index contributed by atoms with van der Waals surface area (Å²) in [5.74, 6) is -2.54. The van der Waals surface area contributed by atoms with Gasteiger partial charge in [-0.05, 0) is 38.0 Å². The van der Waals surface area contributed by atoms with Crippen molar-refractivity contribution in [2.45, 2.75) is 31.8 Å². The zero-order chi connectivity index (χ0) is 24.0. The molecule has 0 radical (unpaired) electrons. The average molecular weight is 454 g/mol. The maximum absolute atomic E-state index is 12.3. The van der Waals surface area contributed by atoms with Crippen molar-refractivity contribution < 1.29 is 28.8 Å². The fourth-order valence-corrected chi connectivity index (χ4v) is 2.83. The first-order valence-corrected chi connectivity index (χ1v) is 10.2. The fraction of sp³-hybridized carbons (Fsp3) is 0.273. The molecule has 0 bridgehead atoms. The summed E-state index contributed by atoms with van der Waals surface area (Å²) >= 11 is 0. The minimum atomic E-state index is -1.11. The van der Waals surface area contributed by atoms with Gasteiger partial charge in [-0.3, -0.25) is 24.5 Å². The van der Waals surface area contributed by atoms with Crippen LogP contribution >= 0.6 is 0 Å². The molecule has 0 unspecified atom stereocenters. The number of rotatable bonds is 9. The van der Waals surface area contributed by atoms with Crippen molar-refractivity contribution in [3.63, 3.8) is 0 Å². The molecule has 1 saturated carbocycles. The van der Waals surface area contributed by atoms with E-state index in [9.17, 15) is 29.3 Å². The second-order valence-corrected chi connectivity index (χ2v) is 7.45. The van der Waals surface area contributed by atoms with Crippen LogP contribution in [0, 0.1) is 10.1 Å². The Balaban J connectivity index is 1.50. The monoisotopic (exact) mass is 454 g/mol. The highest BCUT2D eigenvalue weighted by molar-refractivity contribution is 6.04. The molecule has 3 amide bonds. The number of amides is 3. The van der Waals surface area contributed by atoms with Crippen LogP contribution in [0.4, 0.5) is 11.4 Å². The molecule has 3 N–H and O–H groups in total. The van der Waals surface area contributed by atoms with Crippen molar-refractivity contribution in [2.24, 2.45) is 0 Å². The summed E-state index contributed by atoms with van der Waals surface area (Å²) in [6.45, 7) is 0.724. The first-order valence-electron chi connectivity index (χ1n) is 10.2. The predicted molar refractivity (Wildman–Crippen MR) is 117 cm³/mol. The van der Waals surface area contributed by atoms with Gasteiger partial charge in [0.1, 0.15) is 6.04 Å². The molecular weight excluding hydrogens is 432 g/mol. The number of carbonyl (C=O) groups is 4. The lowest BCUT2D eigenvalue weighted by molar-refractivity contribution is -0.384. The lowest BCUT2D eigenvalue weighted by atomic mass is 10.1. The second kappa shape index (κ2) is 10.4. The van der Waals surface area contributed by atoms with Gasteiger partial charge >= 0.3 is 5.97 Å². The summed E-state index contributed by atoms with van der Waals surface area (Å²) in [4.78, 5) is 59.1. The van der Waals surface area contributed by atoms with Crippen molar-refractivity contribution >= 4 is 35.1 Å². The summed E-state index contributed by atoms with van der Waals surface area (Å²) in [7, 11) is 0. The van der Waals surface area contributed by atoms with Gasteiger partial charge in [-0.15, -0.1) is 0 Å². The Labute approximate surface area is 188 Å². The van der Waals surface area contributed by atoms with Crippen LogP contribution < -0.4 is 16.0 Å². The van der Waals surface area contributed by atoms with E-state index in [-0.39, 0.29) is 28.9 Å². The van der Waals surface area contributed by atoms with E-state index in [4.69, 9.17) is 4.74 Å². The Morgan fingerprint density at radius 2 is 1.82 bits per heavy atom. The lowest BCUT2D eigenvalue weighted by Gasteiger charge is -2.14. The largest absolute Gasteiger partial charge is 0.454 e. The van der Waals surface area contributed by atoms with Crippen LogP contribution in [0.25, 0.3) is 0 Å². The van der Waals surface area contributed by atoms with Gasteiger partial charge in [0.15, 0.2) is 6.61 Å². The Hall–Kier alpha value is -4.28. The number of hydrogen-bond acceptors (Lipinski definition) is 7. The van der Waals surface area contributed by atoms with Gasteiger partial charge in [-0.1, -0.05) is 18.2 Å². The van der Waals surface area contributed by atoms with Gasteiger partial charge in [0.25, 0.3) is 23.4 Å². The van der Waals surface area contributed by atoms with Crippen LogP contribution in [-0.4, -0.2) is 47.3 Å². The van der Waals surface area contributed by atoms with E-state index in [1.807, 2.05) is 0 Å². The molecule has 3 rings (SSSR count). The third-order valence-electron chi connectivity index (χ3n) is 4.72. The van der Waals surface area contributed by atoms with Gasteiger partial charge in [0.05, 0.1) is 16.2 Å². The maximum Gasteiger partial charge on any atom is 0.328 e. The molecule has 1 fully saturated rings. The van der Waals surface area contributed by atoms with Gasteiger partial charge < -0.3 is 20.7 Å². The number of para-hydroxylation sites is 1. The lowest BCUT2D eigenvalue weighted by Crippen LogP contribution is -2.40. The number of carbonyl (C=O) groups excluding carboxylic acids is 4. The molecule has 33 heavy (non-hydrogen) atoms. The van der Waals surface area contributed by atoms with Crippen LogP contribution in [0.3, 0.4) is 0 Å². The van der Waals surface area contributed by atoms with Gasteiger partial charge in [0.2, 0.25) is 0 Å². The van der Waals surface area contributed by atoms with Crippen LogP contribution in [0.15, 0.2) is 48.5 Å². The molecular formula is C22H22N4O7. The van der Waals surface area contributed by atoms with Gasteiger partial charge in [-0.2, -0.15) is 0 Å². The number of hydrogen-bond donors (Lipinski definition) is 3. The quantitative estimate of drug-likeness (QED) is 0.296. The number of ether oxygens (including phenoxy) is 1. The molecule has 2 aromatic carbocycles. The summed E-state index contributed by atoms with van der Waals surface area (Å²) < 4.78 is 4.94. The number of esters is 1. The van der Waals surface area contributed by atoms with E-state index in [1.165, 1.54) is 25.1 Å². The van der Waals surface area contributed by atoms with Crippen LogP contribution in [0.5, 0.6) is 0 Å². The van der Waals surface area contributed by atoms with E-state index in [1.54, 1.807) is 24.3 Å². The van der Waals surface area contributed by atoms with E-state index >= 15 is 0 Å². The summed E-state index contributed by atoms with van der Waals surface area (Å²) in [5.41, 5.74) is 0.314. The van der Waals surface area contributed by atoms with Crippen LogP contribution in [0.2, 0.25) is 0 Å². The topological polar surface area (TPSA) is 157 Å². The zero-order valence-corrected chi connectivity index (χ0v) is 17.7. The highest BCUT2D eigenvalue weighted by atomic mass is 16.6. The van der Waals surface area contributed by atoms with Crippen LogP contribution in [0.1, 0.15) is 40.5 Å². The first kappa shape index (κ1) is 23.4. The van der Waals surface area contributed by atoms with E-state index < -0.39 is 35.4 Å². The normalized spacial score (nSPS) is 13.4. The third-order valence-corrected chi connectivity index (χ3v) is 4.72. The summed E-state index contributed by atoms with van der Waals surface area (Å²) in [6, 6.07) is 10.5. The Kier molecular flexibility index (Phi) is 7.34. The Morgan fingerprint density at radius 3 is 2.52 bits per heavy atom. The third kappa shape index (κ3) is 6.60. The fourth-order valence-electron chi connectivity index (χ4n) is 2.83. The van der Waals surface area contributed by atoms with Crippen molar-refractivity contribution in [3.05, 3.63) is 69.8 Å². The molecule has 1 atom stereocenters. The molecule has 11 nitrogen and oxygen atoms in total. The zero-order valence-electron chi connectivity index (χ0n) is 17.7. The van der Waals surface area contributed by atoms with Crippen molar-refractivity contribution in [1.82, 2.24) is 10.6 Å². The van der Waals surface area contributed by atoms with Gasteiger partial charge in [-0.25, -0.2) is 4.79 Å². The Bertz CT molecular complexity index is 1100. The molecule has 0 saturated heterocycles. The molecule has 0 aliphatic heterocycles. The molecule has 0 spiro atoms. The smallest absolute Gasteiger partial charge is 0.328 e. The van der Waals surface area contributed by atoms with Crippen LogP contribution in [-0.2, 0) is 14.3 Å². The number of non-ortho nitro benzene ring substituents is 1. The van der Waals surface area contributed by atoms with E-state index in [0.29, 0.717) is 5.56 Å². The molecule has 0 aromatic heterocycles. The average Bonchev–Trinajstić information content (AvgIpc) is 3.61. The number of nitrogens with zero attached hydrogens (tertiary/aromatic N) is 1. The van der Waals surface area contributed by atoms with E-state index in [2.05, 4.69) is 16.0 Å². The van der Waals surface area contributed by atoms with Gasteiger partial charge in [0, 0.05) is 23.7 Å². The highest BCUT2D eigenvalue weighted by Crippen LogP contribution is 2.21. The molecule has 0 heterocycles.